The highest BCUT2D eigenvalue weighted by molar-refractivity contribution is 7.26. The molecule has 7 aromatic carbocycles. The summed E-state index contributed by atoms with van der Waals surface area (Å²) in [5, 5.41) is 7.85. The van der Waals surface area contributed by atoms with E-state index in [1.807, 2.05) is 72.0 Å². The Bertz CT molecular complexity index is 2970. The van der Waals surface area contributed by atoms with E-state index in [1.165, 1.54) is 63.9 Å². The molecule has 0 amide bonds. The highest BCUT2D eigenvalue weighted by Gasteiger charge is 2.24. The average molecular weight is 699 g/mol. The van der Waals surface area contributed by atoms with E-state index in [0.717, 1.165) is 28.8 Å². The van der Waals surface area contributed by atoms with Crippen LogP contribution >= 0.6 is 11.3 Å². The minimum atomic E-state index is 0.646. The van der Waals surface area contributed by atoms with E-state index in [1.54, 1.807) is 0 Å². The van der Waals surface area contributed by atoms with Crippen molar-refractivity contribution in [1.82, 2.24) is 19.5 Å². The number of benzene rings is 7. The second kappa shape index (κ2) is 12.7. The lowest BCUT2D eigenvalue weighted by Gasteiger charge is -2.16. The first-order chi connectivity index (χ1) is 26.2. The fourth-order valence-corrected chi connectivity index (χ4v) is 9.27. The second-order valence-corrected chi connectivity index (χ2v) is 14.4. The summed E-state index contributed by atoms with van der Waals surface area (Å²) in [6.45, 7) is 4.39. The first kappa shape index (κ1) is 31.3. The molecule has 0 unspecified atom stereocenters. The molecular formula is C48H34N4S. The Morgan fingerprint density at radius 3 is 1.74 bits per heavy atom. The van der Waals surface area contributed by atoms with Gasteiger partial charge in [0.1, 0.15) is 0 Å². The van der Waals surface area contributed by atoms with Crippen molar-refractivity contribution in [3.8, 4) is 39.9 Å². The molecule has 10 rings (SSSR count). The lowest BCUT2D eigenvalue weighted by Crippen LogP contribution is -2.01. The van der Waals surface area contributed by atoms with Gasteiger partial charge in [-0.05, 0) is 66.1 Å². The molecule has 0 aliphatic heterocycles. The van der Waals surface area contributed by atoms with E-state index in [2.05, 4.69) is 115 Å². The summed E-state index contributed by atoms with van der Waals surface area (Å²) >= 11 is 1.90. The minimum absolute atomic E-state index is 0.646. The van der Waals surface area contributed by atoms with Crippen LogP contribution in [0.1, 0.15) is 25.0 Å². The predicted molar refractivity (Wildman–Crippen MR) is 225 cm³/mol. The summed E-state index contributed by atoms with van der Waals surface area (Å²) in [5.74, 6) is 1.96. The van der Waals surface area contributed by atoms with Crippen molar-refractivity contribution in [3.63, 3.8) is 0 Å². The number of aryl methyl sites for hydroxylation is 1. The van der Waals surface area contributed by atoms with Crippen LogP contribution in [0.4, 0.5) is 0 Å². The van der Waals surface area contributed by atoms with Gasteiger partial charge in [-0.25, -0.2) is 15.0 Å². The summed E-state index contributed by atoms with van der Waals surface area (Å²) in [6.07, 6.45) is 5.42. The zero-order valence-corrected chi connectivity index (χ0v) is 30.2. The maximum atomic E-state index is 5.01. The SMILES string of the molecule is C/C=C\c1c(CC)c2ccccc2c2c3c4sc5ccccc5c4ccc3n(-c3ccc(-c4nc(-c5ccccc5)nc(-c5ccccc5)n4)cc3)c12. The average Bonchev–Trinajstić information content (AvgIpc) is 3.78. The third kappa shape index (κ3) is 5.00. The Morgan fingerprint density at radius 1 is 0.547 bits per heavy atom. The molecule has 0 bridgehead atoms. The molecule has 0 aliphatic rings. The quantitative estimate of drug-likeness (QED) is 0.174. The van der Waals surface area contributed by atoms with Crippen LogP contribution in [0.25, 0.3) is 98.7 Å². The third-order valence-electron chi connectivity index (χ3n) is 10.3. The molecule has 4 nitrogen and oxygen atoms in total. The topological polar surface area (TPSA) is 43.6 Å². The monoisotopic (exact) mass is 698 g/mol. The molecule has 0 fully saturated rings. The minimum Gasteiger partial charge on any atom is -0.309 e. The van der Waals surface area contributed by atoms with Crippen molar-refractivity contribution >= 4 is 70.2 Å². The molecule has 0 atom stereocenters. The van der Waals surface area contributed by atoms with Crippen LogP contribution in [0.3, 0.4) is 0 Å². The molecule has 0 saturated heterocycles. The zero-order chi connectivity index (χ0) is 35.5. The van der Waals surface area contributed by atoms with Gasteiger partial charge in [-0.1, -0.05) is 128 Å². The molecule has 0 spiro atoms. The van der Waals surface area contributed by atoms with Crippen LogP contribution in [0.15, 0.2) is 152 Å². The maximum absolute atomic E-state index is 5.01. The Morgan fingerprint density at radius 2 is 1.11 bits per heavy atom. The van der Waals surface area contributed by atoms with Crippen molar-refractivity contribution in [3.05, 3.63) is 163 Å². The molecule has 0 radical (unpaired) electrons. The van der Waals surface area contributed by atoms with E-state index in [4.69, 9.17) is 15.0 Å². The summed E-state index contributed by atoms with van der Waals surface area (Å²) in [5.41, 5.74) is 9.03. The van der Waals surface area contributed by atoms with Crippen molar-refractivity contribution in [2.45, 2.75) is 20.3 Å². The highest BCUT2D eigenvalue weighted by atomic mass is 32.1. The number of hydrogen-bond donors (Lipinski definition) is 0. The van der Waals surface area contributed by atoms with E-state index >= 15 is 0 Å². The zero-order valence-electron chi connectivity index (χ0n) is 29.4. The van der Waals surface area contributed by atoms with Crippen LogP contribution in [0.5, 0.6) is 0 Å². The molecule has 53 heavy (non-hydrogen) atoms. The first-order valence-corrected chi connectivity index (χ1v) is 19.0. The third-order valence-corrected chi connectivity index (χ3v) is 11.6. The van der Waals surface area contributed by atoms with Gasteiger partial charge < -0.3 is 4.57 Å². The molecule has 10 aromatic rings. The van der Waals surface area contributed by atoms with Gasteiger partial charge in [-0.3, -0.25) is 0 Å². The van der Waals surface area contributed by atoms with Gasteiger partial charge in [-0.15, -0.1) is 11.3 Å². The highest BCUT2D eigenvalue weighted by Crippen LogP contribution is 2.47. The molecular weight excluding hydrogens is 665 g/mol. The van der Waals surface area contributed by atoms with Crippen LogP contribution in [-0.4, -0.2) is 19.5 Å². The van der Waals surface area contributed by atoms with Crippen LogP contribution in [-0.2, 0) is 6.42 Å². The summed E-state index contributed by atoms with van der Waals surface area (Å²) in [6, 6.07) is 51.4. The Hall–Kier alpha value is -6.43. The van der Waals surface area contributed by atoms with Gasteiger partial charge >= 0.3 is 0 Å². The number of fused-ring (bicyclic) bond motifs is 9. The number of thiophene rings is 1. The number of nitrogens with zero attached hydrogens (tertiary/aromatic N) is 4. The predicted octanol–water partition coefficient (Wildman–Crippen LogP) is 13.1. The number of aromatic nitrogens is 4. The maximum Gasteiger partial charge on any atom is 0.164 e. The molecule has 3 heterocycles. The lowest BCUT2D eigenvalue weighted by atomic mass is 9.92. The first-order valence-electron chi connectivity index (χ1n) is 18.1. The van der Waals surface area contributed by atoms with Gasteiger partial charge in [-0.2, -0.15) is 0 Å². The Kier molecular flexibility index (Phi) is 7.48. The normalized spacial score (nSPS) is 12.0. The number of rotatable bonds is 6. The number of hydrogen-bond acceptors (Lipinski definition) is 4. The van der Waals surface area contributed by atoms with E-state index in [9.17, 15) is 0 Å². The van der Waals surface area contributed by atoms with Gasteiger partial charge in [0.2, 0.25) is 0 Å². The van der Waals surface area contributed by atoms with Crippen LogP contribution in [0.2, 0.25) is 0 Å². The van der Waals surface area contributed by atoms with E-state index < -0.39 is 0 Å². The van der Waals surface area contributed by atoms with Crippen LogP contribution in [0, 0.1) is 0 Å². The smallest absolute Gasteiger partial charge is 0.164 e. The van der Waals surface area contributed by atoms with E-state index in [0.29, 0.717) is 17.5 Å². The van der Waals surface area contributed by atoms with Gasteiger partial charge in [0.15, 0.2) is 17.5 Å². The molecule has 3 aromatic heterocycles. The van der Waals surface area contributed by atoms with Crippen molar-refractivity contribution in [2.24, 2.45) is 0 Å². The van der Waals surface area contributed by atoms with Gasteiger partial charge in [0.25, 0.3) is 0 Å². The standard InChI is InChI=1S/C48H34N4S/c1-3-15-38-34(4-2)35-20-11-12-22-37(35)42-43-40(29-28-39-36-21-13-14-23-41(36)53-45(39)43)52(44(38)42)33-26-24-32(25-27-33)48-50-46(30-16-7-5-8-17-30)49-47(51-48)31-18-9-6-10-19-31/h3,5-29H,4H2,1-2H3/b15-3-. The fourth-order valence-electron chi connectivity index (χ4n) is 8.02. The van der Waals surface area contributed by atoms with E-state index in [-0.39, 0.29) is 0 Å². The molecule has 0 aliphatic carbocycles. The lowest BCUT2D eigenvalue weighted by molar-refractivity contribution is 1.07. The van der Waals surface area contributed by atoms with Crippen molar-refractivity contribution in [1.29, 1.82) is 0 Å². The molecule has 5 heteroatoms. The van der Waals surface area contributed by atoms with Gasteiger partial charge in [0.05, 0.1) is 11.0 Å². The van der Waals surface area contributed by atoms with Crippen LogP contribution < -0.4 is 0 Å². The molecule has 252 valence electrons. The summed E-state index contributed by atoms with van der Waals surface area (Å²) < 4.78 is 5.12. The second-order valence-electron chi connectivity index (χ2n) is 13.4. The largest absolute Gasteiger partial charge is 0.309 e. The molecule has 0 N–H and O–H groups in total. The van der Waals surface area contributed by atoms with Crippen molar-refractivity contribution in [2.75, 3.05) is 0 Å². The van der Waals surface area contributed by atoms with Gasteiger partial charge in [0, 0.05) is 58.9 Å². The Balaban J connectivity index is 1.25. The summed E-state index contributed by atoms with van der Waals surface area (Å²) in [4.78, 5) is 14.9. The Labute approximate surface area is 311 Å². The van der Waals surface area contributed by atoms with Crippen molar-refractivity contribution < 1.29 is 0 Å². The fraction of sp³-hybridized carbons (Fsp3) is 0.0625. The number of allylic oxidation sites excluding steroid dienone is 1. The molecule has 0 saturated carbocycles. The summed E-state index contributed by atoms with van der Waals surface area (Å²) in [7, 11) is 0.